The molecule has 0 aliphatic rings. The van der Waals surface area contributed by atoms with E-state index >= 15 is 0 Å². The Balaban J connectivity index is 2.70. The van der Waals surface area contributed by atoms with Crippen LogP contribution in [0.15, 0.2) is 30.9 Å². The van der Waals surface area contributed by atoms with Gasteiger partial charge in [0.05, 0.1) is 7.11 Å². The SMILES string of the molecule is C=CCOc1ccc(C(=O)NCCC(C)N)cc1OC. The summed E-state index contributed by atoms with van der Waals surface area (Å²) >= 11 is 0. The maximum atomic E-state index is 12.0. The third-order valence-corrected chi connectivity index (χ3v) is 2.67. The van der Waals surface area contributed by atoms with Crippen LogP contribution in [0.25, 0.3) is 0 Å². The topological polar surface area (TPSA) is 73.6 Å². The summed E-state index contributed by atoms with van der Waals surface area (Å²) in [6, 6.07) is 5.13. The molecule has 1 unspecified atom stereocenters. The van der Waals surface area contributed by atoms with Crippen molar-refractivity contribution < 1.29 is 14.3 Å². The van der Waals surface area contributed by atoms with Gasteiger partial charge in [-0.25, -0.2) is 0 Å². The fourth-order valence-corrected chi connectivity index (χ4v) is 1.59. The Kier molecular flexibility index (Phi) is 6.59. The fourth-order valence-electron chi connectivity index (χ4n) is 1.59. The molecule has 0 heterocycles. The fraction of sp³-hybridized carbons (Fsp3) is 0.400. The van der Waals surface area contributed by atoms with Gasteiger partial charge < -0.3 is 20.5 Å². The van der Waals surface area contributed by atoms with E-state index in [1.165, 1.54) is 7.11 Å². The predicted octanol–water partition coefficient (Wildman–Crippen LogP) is 1.73. The number of methoxy groups -OCH3 is 1. The molecule has 0 saturated heterocycles. The Labute approximate surface area is 119 Å². The second-order valence-electron chi connectivity index (χ2n) is 4.49. The lowest BCUT2D eigenvalue weighted by Crippen LogP contribution is -2.28. The van der Waals surface area contributed by atoms with Crippen molar-refractivity contribution in [3.05, 3.63) is 36.4 Å². The minimum absolute atomic E-state index is 0.0690. The van der Waals surface area contributed by atoms with E-state index in [1.54, 1.807) is 24.3 Å². The summed E-state index contributed by atoms with van der Waals surface area (Å²) in [5, 5.41) is 2.81. The van der Waals surface area contributed by atoms with Gasteiger partial charge in [-0.05, 0) is 31.5 Å². The first-order chi connectivity index (χ1) is 9.58. The summed E-state index contributed by atoms with van der Waals surface area (Å²) in [5.74, 6) is 0.949. The molecule has 1 amide bonds. The molecule has 1 atom stereocenters. The first-order valence-corrected chi connectivity index (χ1v) is 6.54. The first kappa shape index (κ1) is 16.0. The maximum Gasteiger partial charge on any atom is 0.251 e. The Hall–Kier alpha value is -2.01. The van der Waals surface area contributed by atoms with Crippen LogP contribution in [0.4, 0.5) is 0 Å². The molecule has 0 bridgehead atoms. The highest BCUT2D eigenvalue weighted by atomic mass is 16.5. The number of hydrogen-bond acceptors (Lipinski definition) is 4. The van der Waals surface area contributed by atoms with Gasteiger partial charge in [0.15, 0.2) is 11.5 Å². The quantitative estimate of drug-likeness (QED) is 0.710. The van der Waals surface area contributed by atoms with Gasteiger partial charge in [-0.2, -0.15) is 0 Å². The molecule has 0 radical (unpaired) electrons. The van der Waals surface area contributed by atoms with E-state index in [0.29, 0.717) is 30.2 Å². The van der Waals surface area contributed by atoms with Crippen molar-refractivity contribution in [1.29, 1.82) is 0 Å². The van der Waals surface area contributed by atoms with Crippen LogP contribution in [0.2, 0.25) is 0 Å². The van der Waals surface area contributed by atoms with Gasteiger partial charge in [0.1, 0.15) is 6.61 Å². The van der Waals surface area contributed by atoms with Crippen LogP contribution in [0.3, 0.4) is 0 Å². The van der Waals surface area contributed by atoms with Crippen LogP contribution in [-0.4, -0.2) is 32.2 Å². The van der Waals surface area contributed by atoms with Gasteiger partial charge in [0.2, 0.25) is 0 Å². The molecule has 0 fully saturated rings. The largest absolute Gasteiger partial charge is 0.493 e. The van der Waals surface area contributed by atoms with E-state index in [1.807, 2.05) is 6.92 Å². The lowest BCUT2D eigenvalue weighted by atomic mass is 10.2. The molecular weight excluding hydrogens is 256 g/mol. The Morgan fingerprint density at radius 1 is 1.50 bits per heavy atom. The summed E-state index contributed by atoms with van der Waals surface area (Å²) in [6.07, 6.45) is 2.39. The zero-order valence-electron chi connectivity index (χ0n) is 12.0. The number of benzene rings is 1. The van der Waals surface area contributed by atoms with Gasteiger partial charge in [0.25, 0.3) is 5.91 Å². The minimum Gasteiger partial charge on any atom is -0.493 e. The monoisotopic (exact) mass is 278 g/mol. The van der Waals surface area contributed by atoms with Crippen molar-refractivity contribution in [2.45, 2.75) is 19.4 Å². The number of carbonyl (C=O) groups excluding carboxylic acids is 1. The van der Waals surface area contributed by atoms with E-state index in [9.17, 15) is 4.79 Å². The third kappa shape index (κ3) is 4.93. The number of nitrogens with one attached hydrogen (secondary N) is 1. The van der Waals surface area contributed by atoms with Crippen LogP contribution in [0.5, 0.6) is 11.5 Å². The Morgan fingerprint density at radius 2 is 2.25 bits per heavy atom. The zero-order chi connectivity index (χ0) is 15.0. The summed E-state index contributed by atoms with van der Waals surface area (Å²) in [5.41, 5.74) is 6.16. The van der Waals surface area contributed by atoms with E-state index in [2.05, 4.69) is 11.9 Å². The molecule has 0 aromatic heterocycles. The van der Waals surface area contributed by atoms with Crippen LogP contribution in [0, 0.1) is 0 Å². The zero-order valence-corrected chi connectivity index (χ0v) is 12.0. The van der Waals surface area contributed by atoms with E-state index in [-0.39, 0.29) is 11.9 Å². The highest BCUT2D eigenvalue weighted by Gasteiger charge is 2.10. The first-order valence-electron chi connectivity index (χ1n) is 6.54. The summed E-state index contributed by atoms with van der Waals surface area (Å²) in [6.45, 7) is 6.42. The van der Waals surface area contributed by atoms with Gasteiger partial charge in [0, 0.05) is 18.2 Å². The molecule has 0 spiro atoms. The second-order valence-corrected chi connectivity index (χ2v) is 4.49. The number of ether oxygens (including phenoxy) is 2. The molecule has 3 N–H and O–H groups in total. The average Bonchev–Trinajstić information content (AvgIpc) is 2.44. The average molecular weight is 278 g/mol. The maximum absolute atomic E-state index is 12.0. The van der Waals surface area contributed by atoms with E-state index in [0.717, 1.165) is 6.42 Å². The van der Waals surface area contributed by atoms with Crippen molar-refractivity contribution in [2.24, 2.45) is 5.73 Å². The standard InChI is InChI=1S/C15H22N2O3/c1-4-9-20-13-6-5-12(10-14(13)19-3)15(18)17-8-7-11(2)16/h4-6,10-11H,1,7-9,16H2,2-3H3,(H,17,18). The minimum atomic E-state index is -0.153. The van der Waals surface area contributed by atoms with E-state index < -0.39 is 0 Å². The number of amides is 1. The van der Waals surface area contributed by atoms with Crippen molar-refractivity contribution in [3.8, 4) is 11.5 Å². The lowest BCUT2D eigenvalue weighted by Gasteiger charge is -2.11. The molecular formula is C15H22N2O3. The van der Waals surface area contributed by atoms with Crippen LogP contribution in [0.1, 0.15) is 23.7 Å². The third-order valence-electron chi connectivity index (χ3n) is 2.67. The highest BCUT2D eigenvalue weighted by Crippen LogP contribution is 2.28. The summed E-state index contributed by atoms with van der Waals surface area (Å²) < 4.78 is 10.6. The number of rotatable bonds is 8. The predicted molar refractivity (Wildman–Crippen MR) is 79.3 cm³/mol. The number of carbonyl (C=O) groups is 1. The van der Waals surface area contributed by atoms with Gasteiger partial charge >= 0.3 is 0 Å². The summed E-state index contributed by atoms with van der Waals surface area (Å²) in [4.78, 5) is 12.0. The number of nitrogens with two attached hydrogens (primary N) is 1. The highest BCUT2D eigenvalue weighted by molar-refractivity contribution is 5.94. The lowest BCUT2D eigenvalue weighted by molar-refractivity contribution is 0.0952. The van der Waals surface area contributed by atoms with Gasteiger partial charge in [-0.1, -0.05) is 12.7 Å². The van der Waals surface area contributed by atoms with Crippen LogP contribution in [-0.2, 0) is 0 Å². The molecule has 1 rings (SSSR count). The van der Waals surface area contributed by atoms with Crippen molar-refractivity contribution in [3.63, 3.8) is 0 Å². The molecule has 1 aromatic carbocycles. The molecule has 0 aliphatic carbocycles. The molecule has 5 heteroatoms. The Morgan fingerprint density at radius 3 is 2.85 bits per heavy atom. The van der Waals surface area contributed by atoms with Gasteiger partial charge in [-0.15, -0.1) is 0 Å². The molecule has 1 aromatic rings. The van der Waals surface area contributed by atoms with Gasteiger partial charge in [-0.3, -0.25) is 4.79 Å². The molecule has 0 saturated carbocycles. The van der Waals surface area contributed by atoms with Crippen molar-refractivity contribution >= 4 is 5.91 Å². The Bertz CT molecular complexity index is 458. The number of hydrogen-bond donors (Lipinski definition) is 2. The van der Waals surface area contributed by atoms with Crippen molar-refractivity contribution in [1.82, 2.24) is 5.32 Å². The van der Waals surface area contributed by atoms with Crippen LogP contribution < -0.4 is 20.5 Å². The smallest absolute Gasteiger partial charge is 0.251 e. The summed E-state index contributed by atoms with van der Waals surface area (Å²) in [7, 11) is 1.54. The normalized spacial score (nSPS) is 11.6. The van der Waals surface area contributed by atoms with E-state index in [4.69, 9.17) is 15.2 Å². The van der Waals surface area contributed by atoms with Crippen LogP contribution >= 0.6 is 0 Å². The molecule has 110 valence electrons. The molecule has 20 heavy (non-hydrogen) atoms. The molecule has 0 aliphatic heterocycles. The molecule has 5 nitrogen and oxygen atoms in total. The van der Waals surface area contributed by atoms with Crippen molar-refractivity contribution in [2.75, 3.05) is 20.3 Å². The second kappa shape index (κ2) is 8.22.